The molecule has 0 aliphatic heterocycles. The normalized spacial score (nSPS) is 12.1. The Bertz CT molecular complexity index is 3120. The topological polar surface area (TPSA) is 17.1 Å². The van der Waals surface area contributed by atoms with Gasteiger partial charge in [0.15, 0.2) is 5.78 Å². The molecule has 0 atom stereocenters. The molecular formula is C49H28O. The van der Waals surface area contributed by atoms with Crippen molar-refractivity contribution in [3.05, 3.63) is 181 Å². The van der Waals surface area contributed by atoms with Crippen molar-refractivity contribution >= 4 is 81.2 Å². The smallest absolute Gasteiger partial charge is 0.193 e. The minimum Gasteiger partial charge on any atom is -0.289 e. The third-order valence-electron chi connectivity index (χ3n) is 10.9. The Morgan fingerprint density at radius 1 is 0.300 bits per heavy atom. The highest BCUT2D eigenvalue weighted by molar-refractivity contribution is 6.45. The molecule has 0 heterocycles. The summed E-state index contributed by atoms with van der Waals surface area (Å²) in [6.07, 6.45) is 0. The fourth-order valence-corrected chi connectivity index (χ4v) is 8.95. The molecule has 0 aliphatic carbocycles. The Balaban J connectivity index is 1.43. The molecule has 11 aromatic rings. The van der Waals surface area contributed by atoms with Crippen LogP contribution in [0.3, 0.4) is 0 Å². The van der Waals surface area contributed by atoms with Crippen LogP contribution in [0, 0.1) is 0 Å². The summed E-state index contributed by atoms with van der Waals surface area (Å²) in [7, 11) is 0. The first-order valence-electron chi connectivity index (χ1n) is 17.2. The first kappa shape index (κ1) is 27.4. The molecule has 1 nitrogen and oxygen atoms in total. The van der Waals surface area contributed by atoms with Crippen molar-refractivity contribution in [1.29, 1.82) is 0 Å². The van der Waals surface area contributed by atoms with Crippen LogP contribution in [0.25, 0.3) is 97.7 Å². The zero-order valence-electron chi connectivity index (χ0n) is 27.1. The number of rotatable bonds is 4. The summed E-state index contributed by atoms with van der Waals surface area (Å²) in [4.78, 5) is 14.1. The predicted molar refractivity (Wildman–Crippen MR) is 212 cm³/mol. The Labute approximate surface area is 288 Å². The highest BCUT2D eigenvalue weighted by Crippen LogP contribution is 2.54. The minimum absolute atomic E-state index is 0.0472. The van der Waals surface area contributed by atoms with Crippen molar-refractivity contribution in [2.75, 3.05) is 0 Å². The number of ketones is 1. The standard InChI is InChI=1S/C49H28O/c50-49(31-18-8-3-9-19-31)36-26-27-39-44-35(36)23-13-25-38(44)47-42(29-14-4-1-5-15-29)41-28-40-33-21-11-10-20-32(33)34-22-12-24-37(45(34)40)46(41)43(48(39)47)30-16-6-2-7-17-30/h1-28H. The van der Waals surface area contributed by atoms with Crippen LogP contribution in [-0.2, 0) is 0 Å². The molecule has 1 heteroatoms. The zero-order valence-corrected chi connectivity index (χ0v) is 27.1. The monoisotopic (exact) mass is 632 g/mol. The van der Waals surface area contributed by atoms with E-state index in [-0.39, 0.29) is 5.78 Å². The first-order valence-corrected chi connectivity index (χ1v) is 17.2. The maximum atomic E-state index is 14.1. The molecular weight excluding hydrogens is 605 g/mol. The van der Waals surface area contributed by atoms with Gasteiger partial charge in [0.2, 0.25) is 0 Å². The van der Waals surface area contributed by atoms with Crippen LogP contribution < -0.4 is 0 Å². The fraction of sp³-hybridized carbons (Fsp3) is 0. The SMILES string of the molecule is O=C(c1ccccc1)c1ccc2c3c(-c4ccccc4)c4c(cc5c6ccccc6c6cccc4c65)c(-c4ccccc4)c3c3cccc1c32. The minimum atomic E-state index is 0.0472. The van der Waals surface area contributed by atoms with Gasteiger partial charge in [0.1, 0.15) is 0 Å². The molecule has 0 saturated carbocycles. The molecule has 0 aliphatic rings. The van der Waals surface area contributed by atoms with Crippen LogP contribution in [0.1, 0.15) is 15.9 Å². The van der Waals surface area contributed by atoms with E-state index in [9.17, 15) is 4.79 Å². The molecule has 0 spiro atoms. The third kappa shape index (κ3) is 3.59. The summed E-state index contributed by atoms with van der Waals surface area (Å²) in [6, 6.07) is 60.3. The van der Waals surface area contributed by atoms with Crippen LogP contribution in [-0.4, -0.2) is 5.78 Å². The van der Waals surface area contributed by atoms with Crippen LogP contribution >= 0.6 is 0 Å². The highest BCUT2D eigenvalue weighted by Gasteiger charge is 2.27. The molecule has 0 bridgehead atoms. The lowest BCUT2D eigenvalue weighted by atomic mass is 9.84. The molecule has 230 valence electrons. The van der Waals surface area contributed by atoms with E-state index in [2.05, 4.69) is 140 Å². The van der Waals surface area contributed by atoms with E-state index in [1.54, 1.807) is 0 Å². The van der Waals surface area contributed by atoms with E-state index in [0.717, 1.165) is 16.3 Å². The number of carbonyl (C=O) groups is 1. The van der Waals surface area contributed by atoms with Gasteiger partial charge in [-0.05, 0) is 110 Å². The average molecular weight is 633 g/mol. The second-order valence-corrected chi connectivity index (χ2v) is 13.4. The van der Waals surface area contributed by atoms with Crippen LogP contribution in [0.15, 0.2) is 170 Å². The van der Waals surface area contributed by atoms with Gasteiger partial charge in [-0.3, -0.25) is 4.79 Å². The molecule has 0 N–H and O–H groups in total. The first-order chi connectivity index (χ1) is 24.8. The Morgan fingerprint density at radius 2 is 0.780 bits per heavy atom. The van der Waals surface area contributed by atoms with Crippen molar-refractivity contribution < 1.29 is 4.79 Å². The van der Waals surface area contributed by atoms with Gasteiger partial charge in [0, 0.05) is 11.1 Å². The molecule has 11 rings (SSSR count). The molecule has 0 aromatic heterocycles. The van der Waals surface area contributed by atoms with Gasteiger partial charge in [-0.2, -0.15) is 0 Å². The number of hydrogen-bond donors (Lipinski definition) is 0. The summed E-state index contributed by atoms with van der Waals surface area (Å²) in [5, 5.41) is 17.3. The van der Waals surface area contributed by atoms with Crippen molar-refractivity contribution in [3.63, 3.8) is 0 Å². The molecule has 0 radical (unpaired) electrons. The summed E-state index contributed by atoms with van der Waals surface area (Å²) >= 11 is 0. The summed E-state index contributed by atoms with van der Waals surface area (Å²) in [5.41, 5.74) is 6.30. The second-order valence-electron chi connectivity index (χ2n) is 13.4. The van der Waals surface area contributed by atoms with Gasteiger partial charge in [-0.1, -0.05) is 158 Å². The third-order valence-corrected chi connectivity index (χ3v) is 10.9. The molecule has 0 fully saturated rings. The van der Waals surface area contributed by atoms with Gasteiger partial charge >= 0.3 is 0 Å². The van der Waals surface area contributed by atoms with E-state index in [1.807, 2.05) is 30.3 Å². The van der Waals surface area contributed by atoms with Crippen molar-refractivity contribution in [2.45, 2.75) is 0 Å². The number of fused-ring (bicyclic) bond motifs is 8. The van der Waals surface area contributed by atoms with Crippen molar-refractivity contribution in [2.24, 2.45) is 0 Å². The fourth-order valence-electron chi connectivity index (χ4n) is 8.95. The predicted octanol–water partition coefficient (Wildman–Crippen LogP) is 13.2. The molecule has 0 amide bonds. The maximum absolute atomic E-state index is 14.1. The van der Waals surface area contributed by atoms with Gasteiger partial charge in [-0.15, -0.1) is 0 Å². The van der Waals surface area contributed by atoms with Gasteiger partial charge < -0.3 is 0 Å². The van der Waals surface area contributed by atoms with E-state index in [1.165, 1.54) is 86.9 Å². The second kappa shape index (κ2) is 10.2. The molecule has 50 heavy (non-hydrogen) atoms. The van der Waals surface area contributed by atoms with Crippen molar-refractivity contribution in [1.82, 2.24) is 0 Å². The average Bonchev–Trinajstić information content (AvgIpc) is 3.69. The molecule has 0 unspecified atom stereocenters. The lowest BCUT2D eigenvalue weighted by Gasteiger charge is -2.19. The summed E-state index contributed by atoms with van der Waals surface area (Å²) in [5.74, 6) is 0.0472. The lowest BCUT2D eigenvalue weighted by molar-refractivity contribution is 0.104. The Hall–Kier alpha value is -6.57. The Kier molecular flexibility index (Phi) is 5.60. The molecule has 0 saturated heterocycles. The van der Waals surface area contributed by atoms with Crippen LogP contribution in [0.5, 0.6) is 0 Å². The van der Waals surface area contributed by atoms with E-state index in [4.69, 9.17) is 0 Å². The van der Waals surface area contributed by atoms with E-state index in [0.29, 0.717) is 5.56 Å². The summed E-state index contributed by atoms with van der Waals surface area (Å²) < 4.78 is 0. The van der Waals surface area contributed by atoms with Gasteiger partial charge in [0.05, 0.1) is 0 Å². The zero-order chi connectivity index (χ0) is 32.9. The van der Waals surface area contributed by atoms with Gasteiger partial charge in [0.25, 0.3) is 0 Å². The highest BCUT2D eigenvalue weighted by atomic mass is 16.1. The molecule has 11 aromatic carbocycles. The van der Waals surface area contributed by atoms with Gasteiger partial charge in [-0.25, -0.2) is 0 Å². The quantitative estimate of drug-likeness (QED) is 0.139. The maximum Gasteiger partial charge on any atom is 0.193 e. The number of benzene rings is 9. The number of hydrogen-bond acceptors (Lipinski definition) is 1. The van der Waals surface area contributed by atoms with Crippen molar-refractivity contribution in [3.8, 4) is 22.3 Å². The largest absolute Gasteiger partial charge is 0.289 e. The summed E-state index contributed by atoms with van der Waals surface area (Å²) in [6.45, 7) is 0. The number of carbonyl (C=O) groups excluding carboxylic acids is 1. The Morgan fingerprint density at radius 3 is 1.48 bits per heavy atom. The van der Waals surface area contributed by atoms with Crippen LogP contribution in [0.4, 0.5) is 0 Å². The van der Waals surface area contributed by atoms with E-state index < -0.39 is 0 Å². The lowest BCUT2D eigenvalue weighted by Crippen LogP contribution is -2.01. The van der Waals surface area contributed by atoms with E-state index >= 15 is 0 Å². The van der Waals surface area contributed by atoms with Crippen LogP contribution in [0.2, 0.25) is 0 Å².